The van der Waals surface area contributed by atoms with Crippen molar-refractivity contribution in [3.8, 4) is 0 Å². The Morgan fingerprint density at radius 1 is 0.648 bits per heavy atom. The molecule has 4 aliphatic heterocycles. The SMILES string of the molecule is C[C@H]1O[C@@H](O[C@H]2CC[C@@]3(C)[C@@H](CC[C@]4(C)[C@@H]3C=CC35OC[C@@]6(CC[C@](C)(CO)C[C@@H]36)[C@@H](O)C[C@]54C)[C@]2(C)CO)[C@H](O[C@@H]2O[C@H](CO)[C@H](O)[C@H](O)[C@H]2O)[C@@H](O[C@@H]2O[C@H](CO)[C@H](OS(=O)(=O)O)[C@H](O)[C@H]2O)[C@H]1O. The summed E-state index contributed by atoms with van der Waals surface area (Å²) >= 11 is 0. The highest BCUT2D eigenvalue weighted by molar-refractivity contribution is 7.80. The van der Waals surface area contributed by atoms with Crippen LogP contribution < -0.4 is 0 Å². The van der Waals surface area contributed by atoms with E-state index < -0.39 is 155 Å². The fraction of sp³-hybridized carbons (Fsp3) is 0.958. The molecule has 4 saturated carbocycles. The first-order chi connectivity index (χ1) is 33.2. The Morgan fingerprint density at radius 3 is 1.93 bits per heavy atom. The van der Waals surface area contributed by atoms with Gasteiger partial charge in [0.15, 0.2) is 18.9 Å². The maximum Gasteiger partial charge on any atom is 0.397 e. The molecule has 9 aliphatic rings. The molecular weight excluding hydrogens is 961 g/mol. The van der Waals surface area contributed by atoms with Crippen LogP contribution >= 0.6 is 0 Å². The van der Waals surface area contributed by atoms with Gasteiger partial charge < -0.3 is 89.3 Å². The van der Waals surface area contributed by atoms with Crippen molar-refractivity contribution in [3.05, 3.63) is 12.2 Å². The molecule has 27 atom stereocenters. The minimum Gasteiger partial charge on any atom is -0.396 e. The summed E-state index contributed by atoms with van der Waals surface area (Å²) in [5.41, 5.74) is -3.63. The van der Waals surface area contributed by atoms with Crippen LogP contribution in [0.1, 0.15) is 92.9 Å². The van der Waals surface area contributed by atoms with E-state index in [1.807, 2.05) is 6.92 Å². The summed E-state index contributed by atoms with van der Waals surface area (Å²) in [6, 6.07) is 0. The minimum atomic E-state index is -5.24. The molecule has 23 heteroatoms. The number of fused-ring (bicyclic) bond motifs is 4. The van der Waals surface area contributed by atoms with Gasteiger partial charge in [-0.25, -0.2) is 4.18 Å². The number of hydrogen-bond acceptors (Lipinski definition) is 21. The summed E-state index contributed by atoms with van der Waals surface area (Å²) in [4.78, 5) is 0. The lowest BCUT2D eigenvalue weighted by Gasteiger charge is -2.73. The molecule has 22 nitrogen and oxygen atoms in total. The Morgan fingerprint density at radius 2 is 1.30 bits per heavy atom. The quantitative estimate of drug-likeness (QED) is 0.0595. The summed E-state index contributed by atoms with van der Waals surface area (Å²) in [5, 5.41) is 121. The second kappa shape index (κ2) is 18.8. The first kappa shape index (κ1) is 54.7. The second-order valence-electron chi connectivity index (χ2n) is 24.1. The monoisotopic (exact) mass is 1040 g/mol. The molecule has 4 heterocycles. The standard InChI is InChI=1S/C48H78O22S/c1-22-30(54)37(68-40-35(59)33(57)36(24(18-50)66-40)70-71(60,61)62)38(69-39-34(58)32(56)31(55)23(17-49)65-39)41(64-22)67-29-9-10-43(3)25(44(29,4)20-52)7-11-45(5)26(43)8-12-48-27-15-42(2,19-51)13-14-47(27,21-63-48)28(53)16-46(45,48)6/h8,12,22-41,49-59H,7,9-11,13-21H2,1-6H3,(H,60,61,62)/t22-,23-,24-,25-,26-,27-,28+,29+,30+,31+,32+,33-,34-,35-,36+,37+,38-,39+,40+,41+,42+,43+,44+,45-,46+,47-,48?/m1/s1. The van der Waals surface area contributed by atoms with Crippen LogP contribution in [0.2, 0.25) is 0 Å². The Balaban J connectivity index is 1.03. The van der Waals surface area contributed by atoms with Crippen LogP contribution in [-0.4, -0.2) is 212 Å². The van der Waals surface area contributed by atoms with Crippen molar-refractivity contribution in [3.63, 3.8) is 0 Å². The number of ether oxygens (including phenoxy) is 7. The molecular formula is C48H78O22S. The Hall–Kier alpha value is -1.11. The van der Waals surface area contributed by atoms with Gasteiger partial charge in [0, 0.05) is 28.8 Å². The van der Waals surface area contributed by atoms with Gasteiger partial charge in [-0.1, -0.05) is 46.8 Å². The summed E-state index contributed by atoms with van der Waals surface area (Å²) in [6.07, 6.45) is -18.3. The predicted molar refractivity (Wildman–Crippen MR) is 241 cm³/mol. The number of rotatable bonds is 12. The molecule has 4 saturated heterocycles. The smallest absolute Gasteiger partial charge is 0.396 e. The van der Waals surface area contributed by atoms with Gasteiger partial charge in [-0.3, -0.25) is 4.55 Å². The highest BCUT2D eigenvalue weighted by Crippen LogP contribution is 2.79. The van der Waals surface area contributed by atoms with Crippen molar-refractivity contribution < 1.29 is 106 Å². The lowest BCUT2D eigenvalue weighted by atomic mass is 9.32. The van der Waals surface area contributed by atoms with E-state index in [-0.39, 0.29) is 41.8 Å². The van der Waals surface area contributed by atoms with Crippen molar-refractivity contribution in [2.45, 2.75) is 203 Å². The highest BCUT2D eigenvalue weighted by Gasteiger charge is 2.79. The zero-order valence-electron chi connectivity index (χ0n) is 41.3. The third-order valence-corrected chi connectivity index (χ3v) is 21.0. The van der Waals surface area contributed by atoms with E-state index in [1.165, 1.54) is 6.92 Å². The molecule has 9 rings (SSSR count). The average molecular weight is 1040 g/mol. The molecule has 0 radical (unpaired) electrons. The van der Waals surface area contributed by atoms with Crippen LogP contribution in [0.5, 0.6) is 0 Å². The molecule has 71 heavy (non-hydrogen) atoms. The first-order valence-electron chi connectivity index (χ1n) is 25.3. The number of aliphatic hydroxyl groups excluding tert-OH is 11. The van der Waals surface area contributed by atoms with E-state index in [1.54, 1.807) is 0 Å². The largest absolute Gasteiger partial charge is 0.397 e. The van der Waals surface area contributed by atoms with E-state index in [0.717, 1.165) is 25.7 Å². The maximum absolute atomic E-state index is 12.3. The summed E-state index contributed by atoms with van der Waals surface area (Å²) < 4.78 is 81.3. The fourth-order valence-corrected chi connectivity index (χ4v) is 16.6. The molecule has 408 valence electrons. The number of hydrogen-bond donors (Lipinski definition) is 12. The molecule has 0 aromatic rings. The average Bonchev–Trinajstić information content (AvgIpc) is 3.60. The van der Waals surface area contributed by atoms with Gasteiger partial charge in [0.2, 0.25) is 0 Å². The predicted octanol–water partition coefficient (Wildman–Crippen LogP) is -1.60. The van der Waals surface area contributed by atoms with Crippen molar-refractivity contribution >= 4 is 10.4 Å². The van der Waals surface area contributed by atoms with Crippen molar-refractivity contribution in [1.82, 2.24) is 0 Å². The van der Waals surface area contributed by atoms with Gasteiger partial charge in [0.25, 0.3) is 0 Å². The van der Waals surface area contributed by atoms with Gasteiger partial charge in [0.1, 0.15) is 67.1 Å². The zero-order valence-corrected chi connectivity index (χ0v) is 42.1. The van der Waals surface area contributed by atoms with Gasteiger partial charge in [-0.2, -0.15) is 8.42 Å². The van der Waals surface area contributed by atoms with Crippen LogP contribution in [0.3, 0.4) is 0 Å². The van der Waals surface area contributed by atoms with Gasteiger partial charge in [-0.05, 0) is 86.4 Å². The molecule has 1 spiro atoms. The van der Waals surface area contributed by atoms with E-state index in [2.05, 4.69) is 44.0 Å². The van der Waals surface area contributed by atoms with Crippen LogP contribution in [0, 0.1) is 50.2 Å². The molecule has 12 N–H and O–H groups in total. The second-order valence-corrected chi connectivity index (χ2v) is 25.1. The first-order valence-corrected chi connectivity index (χ1v) is 26.7. The minimum absolute atomic E-state index is 0.00790. The van der Waals surface area contributed by atoms with Crippen LogP contribution in [0.4, 0.5) is 0 Å². The van der Waals surface area contributed by atoms with Crippen molar-refractivity contribution in [2.75, 3.05) is 33.0 Å². The number of aliphatic hydroxyl groups is 11. The maximum atomic E-state index is 12.3. The fourth-order valence-electron chi connectivity index (χ4n) is 16.1. The third kappa shape index (κ3) is 8.20. The third-order valence-electron chi connectivity index (χ3n) is 20.5. The van der Waals surface area contributed by atoms with Crippen LogP contribution in [-0.2, 0) is 47.7 Å². The van der Waals surface area contributed by atoms with E-state index in [9.17, 15) is 69.1 Å². The molecule has 0 aromatic carbocycles. The van der Waals surface area contributed by atoms with Gasteiger partial charge in [-0.15, -0.1) is 0 Å². The van der Waals surface area contributed by atoms with Crippen molar-refractivity contribution in [2.24, 2.45) is 50.2 Å². The lowest BCUT2D eigenvalue weighted by molar-refractivity contribution is -0.397. The Bertz CT molecular complexity index is 2080. The summed E-state index contributed by atoms with van der Waals surface area (Å²) in [6.45, 7) is 10.8. The molecule has 2 bridgehead atoms. The van der Waals surface area contributed by atoms with E-state index >= 15 is 0 Å². The number of allylic oxidation sites excluding steroid dienone is 1. The highest BCUT2D eigenvalue weighted by atomic mass is 32.3. The van der Waals surface area contributed by atoms with Crippen molar-refractivity contribution in [1.29, 1.82) is 0 Å². The topological polar surface area (TPSA) is 351 Å². The molecule has 8 fully saturated rings. The van der Waals surface area contributed by atoms with E-state index in [0.29, 0.717) is 32.3 Å². The summed E-state index contributed by atoms with van der Waals surface area (Å²) in [7, 11) is -5.24. The molecule has 0 aromatic heterocycles. The lowest BCUT2D eigenvalue weighted by Crippen LogP contribution is -2.73. The van der Waals surface area contributed by atoms with Gasteiger partial charge >= 0.3 is 10.4 Å². The van der Waals surface area contributed by atoms with E-state index in [4.69, 9.17) is 33.2 Å². The molecule has 5 aliphatic carbocycles. The summed E-state index contributed by atoms with van der Waals surface area (Å²) in [5.74, 6) is -0.197. The zero-order chi connectivity index (χ0) is 51.8. The molecule has 1 unspecified atom stereocenters. The Kier molecular flexibility index (Phi) is 14.5. The normalized spacial score (nSPS) is 57.0. The van der Waals surface area contributed by atoms with Crippen LogP contribution in [0.15, 0.2) is 12.2 Å². The Labute approximate surface area is 414 Å². The van der Waals surface area contributed by atoms with Gasteiger partial charge in [0.05, 0.1) is 50.3 Å². The molecule has 0 amide bonds. The van der Waals surface area contributed by atoms with Crippen LogP contribution in [0.25, 0.3) is 0 Å².